The van der Waals surface area contributed by atoms with Gasteiger partial charge in [-0.3, -0.25) is 19.6 Å². The van der Waals surface area contributed by atoms with E-state index in [1.807, 2.05) is 22.2 Å². The molecule has 4 aliphatic heterocycles. The van der Waals surface area contributed by atoms with E-state index < -0.39 is 0 Å². The minimum Gasteiger partial charge on any atom is -0.450 e. The highest BCUT2D eigenvalue weighted by Gasteiger charge is 2.31. The highest BCUT2D eigenvalue weighted by molar-refractivity contribution is 6.02. The molecule has 6 rings (SSSR count). The Kier molecular flexibility index (Phi) is 14.9. The largest absolute Gasteiger partial charge is 0.450 e. The summed E-state index contributed by atoms with van der Waals surface area (Å²) in [6, 6.07) is 17.3. The van der Waals surface area contributed by atoms with E-state index in [4.69, 9.17) is 19.5 Å². The first-order valence-corrected chi connectivity index (χ1v) is 21.3. The van der Waals surface area contributed by atoms with Gasteiger partial charge in [0.15, 0.2) is 0 Å². The van der Waals surface area contributed by atoms with Crippen LogP contribution in [0.25, 0.3) is 22.3 Å². The van der Waals surface area contributed by atoms with Crippen LogP contribution in [0.4, 0.5) is 9.59 Å². The summed E-state index contributed by atoms with van der Waals surface area (Å²) in [6.07, 6.45) is 9.42. The Balaban J connectivity index is 0.977. The summed E-state index contributed by atoms with van der Waals surface area (Å²) in [5.74, 6) is 0.433. The molecule has 0 unspecified atom stereocenters. The summed E-state index contributed by atoms with van der Waals surface area (Å²) >= 11 is 0. The van der Waals surface area contributed by atoms with Gasteiger partial charge in [-0.05, 0) is 60.1 Å². The molecule has 0 aliphatic carbocycles. The van der Waals surface area contributed by atoms with E-state index in [0.717, 1.165) is 83.3 Å². The molecule has 2 fully saturated rings. The molecule has 2 saturated heterocycles. The molecule has 2 aromatic rings. The lowest BCUT2D eigenvalue weighted by Crippen LogP contribution is -2.51. The number of piperazine rings is 2. The van der Waals surface area contributed by atoms with Crippen molar-refractivity contribution in [1.29, 1.82) is 0 Å². The molecule has 0 N–H and O–H groups in total. The first-order valence-electron chi connectivity index (χ1n) is 21.3. The van der Waals surface area contributed by atoms with Crippen LogP contribution in [0.3, 0.4) is 0 Å². The minimum absolute atomic E-state index is 0.0929. The van der Waals surface area contributed by atoms with Crippen molar-refractivity contribution in [3.8, 4) is 11.1 Å². The van der Waals surface area contributed by atoms with Gasteiger partial charge in [0.25, 0.3) is 0 Å². The molecule has 310 valence electrons. The van der Waals surface area contributed by atoms with Crippen LogP contribution in [0, 0.1) is 11.8 Å². The molecule has 12 nitrogen and oxygen atoms in total. The van der Waals surface area contributed by atoms with Crippen LogP contribution in [-0.4, -0.2) is 121 Å². The minimum atomic E-state index is -0.309. The molecular formula is C46H60N6O6. The number of nitrogens with zero attached hydrogens (tertiary/aromatic N) is 6. The number of benzene rings is 2. The van der Waals surface area contributed by atoms with E-state index >= 15 is 0 Å². The van der Waals surface area contributed by atoms with Gasteiger partial charge in [-0.15, -0.1) is 0 Å². The maximum Gasteiger partial charge on any atom is 0.409 e. The summed E-state index contributed by atoms with van der Waals surface area (Å²) in [5.41, 5.74) is 9.01. The molecular weight excluding hydrogens is 733 g/mol. The van der Waals surface area contributed by atoms with Gasteiger partial charge in [-0.25, -0.2) is 9.59 Å². The Labute approximate surface area is 343 Å². The maximum absolute atomic E-state index is 13.3. The third kappa shape index (κ3) is 10.6. The molecule has 0 aromatic heterocycles. The summed E-state index contributed by atoms with van der Waals surface area (Å²) in [6.45, 7) is 12.7. The van der Waals surface area contributed by atoms with Crippen LogP contribution in [0.15, 0.2) is 70.9 Å². The predicted octanol–water partition coefficient (Wildman–Crippen LogP) is 7.94. The second-order valence-corrected chi connectivity index (χ2v) is 15.6. The van der Waals surface area contributed by atoms with Gasteiger partial charge < -0.3 is 29.1 Å². The Morgan fingerprint density at radius 3 is 1.17 bits per heavy atom. The zero-order valence-corrected chi connectivity index (χ0v) is 34.8. The van der Waals surface area contributed by atoms with E-state index in [0.29, 0.717) is 78.4 Å². The first-order chi connectivity index (χ1) is 28.2. The van der Waals surface area contributed by atoms with Gasteiger partial charge in [0, 0.05) is 114 Å². The Morgan fingerprint density at radius 1 is 0.517 bits per heavy atom. The van der Waals surface area contributed by atoms with Gasteiger partial charge >= 0.3 is 12.2 Å². The van der Waals surface area contributed by atoms with Gasteiger partial charge in [0.2, 0.25) is 11.8 Å². The number of allylic oxidation sites excluding steroid dienone is 2. The number of hydrogen-bond donors (Lipinski definition) is 0. The van der Waals surface area contributed by atoms with Crippen molar-refractivity contribution in [3.63, 3.8) is 0 Å². The average molecular weight is 793 g/mol. The first kappa shape index (κ1) is 42.3. The van der Waals surface area contributed by atoms with Crippen molar-refractivity contribution in [1.82, 2.24) is 19.6 Å². The summed E-state index contributed by atoms with van der Waals surface area (Å²) < 4.78 is 10.2. The standard InChI is InChI=1S/C46H60N6O6/c1-5-9-37(29-43(53)49-19-23-51(24-20-49)45(55)57-7-3)41-27-39(31-47-41)35-15-11-33(12-16-35)34-13-17-36(18-14-34)40-28-42(48-32-40)38(10-6-2)30-44(54)50-21-25-52(26-22-50)46(56)58-8-4/h11-18,31-32,37-38H,5-10,19-30H2,1-4H3/t37-,38-/m1/s1. The second-order valence-electron chi connectivity index (χ2n) is 15.6. The van der Waals surface area contributed by atoms with E-state index in [1.165, 1.54) is 0 Å². The molecule has 12 heteroatoms. The number of rotatable bonds is 15. The van der Waals surface area contributed by atoms with E-state index in [1.54, 1.807) is 23.6 Å². The Morgan fingerprint density at radius 2 is 0.845 bits per heavy atom. The summed E-state index contributed by atoms with van der Waals surface area (Å²) in [5, 5.41) is 0. The SMILES string of the molecule is CCC[C@H](CC(=O)N1CCN(C(=O)OCC)CC1)C1=NC=C(c2ccc(-c3ccc(C4=CN=C([C@H](CCC)CC(=O)N5CCN(C(=O)OCC)CC5)C4)cc3)cc2)C1. The van der Waals surface area contributed by atoms with Crippen LogP contribution < -0.4 is 0 Å². The number of amides is 4. The van der Waals surface area contributed by atoms with Crippen LogP contribution in [-0.2, 0) is 19.1 Å². The van der Waals surface area contributed by atoms with E-state index in [-0.39, 0.29) is 35.8 Å². The van der Waals surface area contributed by atoms with E-state index in [2.05, 4.69) is 62.4 Å². The van der Waals surface area contributed by atoms with Gasteiger partial charge in [0.1, 0.15) is 0 Å². The van der Waals surface area contributed by atoms with Crippen molar-refractivity contribution >= 4 is 46.6 Å². The highest BCUT2D eigenvalue weighted by atomic mass is 16.6. The monoisotopic (exact) mass is 792 g/mol. The lowest BCUT2D eigenvalue weighted by molar-refractivity contribution is -0.134. The van der Waals surface area contributed by atoms with Crippen LogP contribution in [0.5, 0.6) is 0 Å². The van der Waals surface area contributed by atoms with Crippen LogP contribution >= 0.6 is 0 Å². The number of hydrogen-bond acceptors (Lipinski definition) is 8. The molecule has 4 amide bonds. The normalized spacial score (nSPS) is 17.9. The van der Waals surface area contributed by atoms with Crippen molar-refractivity contribution < 1.29 is 28.7 Å². The van der Waals surface area contributed by atoms with Crippen molar-refractivity contribution in [2.45, 2.75) is 79.1 Å². The molecule has 58 heavy (non-hydrogen) atoms. The smallest absolute Gasteiger partial charge is 0.409 e. The molecule has 2 aromatic carbocycles. The predicted molar refractivity (Wildman–Crippen MR) is 228 cm³/mol. The molecule has 0 bridgehead atoms. The molecule has 4 aliphatic rings. The maximum atomic E-state index is 13.3. The van der Waals surface area contributed by atoms with Crippen molar-refractivity contribution in [2.75, 3.05) is 65.6 Å². The summed E-state index contributed by atoms with van der Waals surface area (Å²) in [4.78, 5) is 67.6. The third-order valence-corrected chi connectivity index (χ3v) is 11.7. The lowest BCUT2D eigenvalue weighted by atomic mass is 9.89. The molecule has 0 spiro atoms. The Bertz CT molecular complexity index is 1750. The van der Waals surface area contributed by atoms with E-state index in [9.17, 15) is 19.2 Å². The fourth-order valence-electron chi connectivity index (χ4n) is 8.36. The van der Waals surface area contributed by atoms with Crippen LogP contribution in [0.1, 0.15) is 90.2 Å². The highest BCUT2D eigenvalue weighted by Crippen LogP contribution is 2.33. The number of ether oxygens (including phenoxy) is 2. The van der Waals surface area contributed by atoms with Crippen molar-refractivity contribution in [2.24, 2.45) is 21.8 Å². The average Bonchev–Trinajstić information content (AvgIpc) is 3.96. The van der Waals surface area contributed by atoms with Crippen molar-refractivity contribution in [3.05, 3.63) is 72.1 Å². The molecule has 0 saturated carbocycles. The number of carbonyl (C=O) groups is 4. The number of carbonyl (C=O) groups excluding carboxylic acids is 4. The lowest BCUT2D eigenvalue weighted by Gasteiger charge is -2.34. The fourth-order valence-corrected chi connectivity index (χ4v) is 8.36. The Hall–Kier alpha value is -5.26. The quantitative estimate of drug-likeness (QED) is 0.181. The fraction of sp³-hybridized carbons (Fsp3) is 0.522. The van der Waals surface area contributed by atoms with Crippen LogP contribution in [0.2, 0.25) is 0 Å². The molecule has 2 atom stereocenters. The van der Waals surface area contributed by atoms with Gasteiger partial charge in [-0.1, -0.05) is 75.2 Å². The zero-order valence-electron chi connectivity index (χ0n) is 34.8. The van der Waals surface area contributed by atoms with Gasteiger partial charge in [-0.2, -0.15) is 0 Å². The number of aliphatic imine (C=N–C) groups is 2. The zero-order chi connectivity index (χ0) is 41.0. The second kappa shape index (κ2) is 20.4. The summed E-state index contributed by atoms with van der Waals surface area (Å²) in [7, 11) is 0. The topological polar surface area (TPSA) is 124 Å². The molecule has 4 heterocycles. The third-order valence-electron chi connectivity index (χ3n) is 11.7. The molecule has 0 radical (unpaired) electrons. The van der Waals surface area contributed by atoms with Gasteiger partial charge in [0.05, 0.1) is 13.2 Å².